The Morgan fingerprint density at radius 2 is 1.02 bits per heavy atom. The Balaban J connectivity index is 0.000000200. The summed E-state index contributed by atoms with van der Waals surface area (Å²) in [5.41, 5.74) is 8.72. The maximum atomic E-state index is 14.4. The second kappa shape index (κ2) is 30.2. The predicted molar refractivity (Wildman–Crippen MR) is 371 cm³/mol. The number of carbonyl (C=O) groups excluding carboxylic acids is 4. The van der Waals surface area contributed by atoms with Gasteiger partial charge in [-0.05, 0) is 289 Å². The van der Waals surface area contributed by atoms with Gasteiger partial charge < -0.3 is 35.1 Å². The normalized spacial score (nSPS) is 22.3. The van der Waals surface area contributed by atoms with Crippen LogP contribution in [0.4, 0.5) is 13.2 Å². The van der Waals surface area contributed by atoms with Crippen molar-refractivity contribution < 1.29 is 35.2 Å². The molecule has 4 aromatic rings. The van der Waals surface area contributed by atoms with E-state index in [1.807, 2.05) is 49.1 Å². The van der Waals surface area contributed by atoms with Crippen LogP contribution < -0.4 is 10.6 Å². The fraction of sp³-hybridized carbons (Fsp3) is 0.654. The molecule has 0 saturated carbocycles. The van der Waals surface area contributed by atoms with Gasteiger partial charge in [-0.25, -0.2) is 13.2 Å². The molecule has 4 amide bonds. The first-order valence-electron chi connectivity index (χ1n) is 35.6. The highest BCUT2D eigenvalue weighted by molar-refractivity contribution is 5.88. The predicted octanol–water partition coefficient (Wildman–Crippen LogP) is 15.5. The van der Waals surface area contributed by atoms with Gasteiger partial charge >= 0.3 is 0 Å². The molecule has 4 fully saturated rings. The van der Waals surface area contributed by atoms with Crippen LogP contribution in [0.2, 0.25) is 0 Å². The lowest BCUT2D eigenvalue weighted by Crippen LogP contribution is -2.49. The Kier molecular flexibility index (Phi) is 23.3. The van der Waals surface area contributed by atoms with Crippen molar-refractivity contribution in [2.75, 3.05) is 72.0 Å². The van der Waals surface area contributed by atoms with Crippen molar-refractivity contribution in [3.63, 3.8) is 0 Å². The molecule has 0 bridgehead atoms. The third-order valence-corrected chi connectivity index (χ3v) is 22.4. The third kappa shape index (κ3) is 18.3. The van der Waals surface area contributed by atoms with Gasteiger partial charge in [0.05, 0.1) is 24.5 Å². The van der Waals surface area contributed by atoms with Gasteiger partial charge in [0.2, 0.25) is 23.6 Å². The molecule has 4 saturated heterocycles. The van der Waals surface area contributed by atoms with Crippen LogP contribution in [-0.2, 0) is 41.8 Å². The number of nitrogens with zero attached hydrogens (tertiary/aromatic N) is 6. The standard InChI is InChI=1S/C27H40FN3O2.C27H36FN3O.C24H37FN2O.2H2/c1-19(31-14-5-6-24(31)32)25(33)29-23-9-10-27(22-18-20(28)7-8-21(22)23)12-16-30(17-13-27)15-11-26(2,3)4;1-26(2,3)10-14-31-15-11-27(12-16-31)9-8-24(22-7-6-21(28)18-23(22)27)30-25(32)17-20-5-4-13-29-19-20;1-6-27(18(2)28)22-9-10-24(21-17-19(25)7-8-20(21)22)12-15-26(16-13-24)14-11-23(3,4)5;;/h7-8,18-19,23H,5-6,9-17H2,1-4H3,(H,29,33);4-7,13,18-19,24H,8-12,14-17H2,1-3H3,(H,30,32);7-8,17,22H,6,9-16H2,1-5H3;2*1H/t19-,23-;24-;22-;;/m100../s1. The molecule has 7 aliphatic rings. The molecule has 5 heterocycles. The molecule has 0 unspecified atom stereocenters. The fourth-order valence-electron chi connectivity index (χ4n) is 16.4. The van der Waals surface area contributed by atoms with Crippen LogP contribution in [0.5, 0.6) is 0 Å². The second-order valence-electron chi connectivity index (χ2n) is 32.5. The van der Waals surface area contributed by atoms with E-state index in [4.69, 9.17) is 0 Å². The molecule has 3 aromatic carbocycles. The number of piperidine rings is 3. The molecule has 0 radical (unpaired) electrons. The largest absolute Gasteiger partial charge is 0.349 e. The molecule has 11 rings (SSSR count). The number of amides is 4. The number of aromatic nitrogens is 1. The van der Waals surface area contributed by atoms with Crippen LogP contribution in [0.15, 0.2) is 79.1 Å². The third-order valence-electron chi connectivity index (χ3n) is 22.4. The van der Waals surface area contributed by atoms with Gasteiger partial charge in [0.1, 0.15) is 23.5 Å². The van der Waals surface area contributed by atoms with Crippen molar-refractivity contribution in [3.05, 3.63) is 136 Å². The van der Waals surface area contributed by atoms with E-state index in [0.717, 1.165) is 170 Å². The zero-order valence-corrected chi connectivity index (χ0v) is 58.8. The second-order valence-corrected chi connectivity index (χ2v) is 32.5. The summed E-state index contributed by atoms with van der Waals surface area (Å²) in [5, 5.41) is 6.40. The zero-order valence-electron chi connectivity index (χ0n) is 58.8. The first-order valence-corrected chi connectivity index (χ1v) is 35.6. The van der Waals surface area contributed by atoms with Gasteiger partial charge in [-0.2, -0.15) is 0 Å². The van der Waals surface area contributed by atoms with E-state index in [-0.39, 0.29) is 78.3 Å². The lowest BCUT2D eigenvalue weighted by Gasteiger charge is -2.49. The van der Waals surface area contributed by atoms with Crippen LogP contribution in [0.25, 0.3) is 0 Å². The van der Waals surface area contributed by atoms with Crippen molar-refractivity contribution in [3.8, 4) is 0 Å². The van der Waals surface area contributed by atoms with Gasteiger partial charge in [0.25, 0.3) is 0 Å². The molecule has 3 spiro atoms. The molecule has 514 valence electrons. The van der Waals surface area contributed by atoms with E-state index >= 15 is 0 Å². The molecule has 3 aliphatic carbocycles. The topological polar surface area (TPSA) is 121 Å². The fourth-order valence-corrected chi connectivity index (χ4v) is 16.4. The summed E-state index contributed by atoms with van der Waals surface area (Å²) in [6, 6.07) is 18.7. The highest BCUT2D eigenvalue weighted by Gasteiger charge is 2.47. The Bertz CT molecular complexity index is 3200. The van der Waals surface area contributed by atoms with Crippen molar-refractivity contribution >= 4 is 23.6 Å². The number of likely N-dealkylation sites (tertiary alicyclic amines) is 4. The van der Waals surface area contributed by atoms with Crippen LogP contribution in [0, 0.1) is 33.7 Å². The van der Waals surface area contributed by atoms with E-state index in [9.17, 15) is 32.3 Å². The zero-order chi connectivity index (χ0) is 67.1. The van der Waals surface area contributed by atoms with E-state index in [2.05, 4.69) is 92.6 Å². The summed E-state index contributed by atoms with van der Waals surface area (Å²) in [7, 11) is 0. The minimum absolute atomic E-state index is 0. The highest BCUT2D eigenvalue weighted by Crippen LogP contribution is 2.52. The van der Waals surface area contributed by atoms with Gasteiger partial charge in [-0.1, -0.05) is 86.6 Å². The van der Waals surface area contributed by atoms with Crippen LogP contribution in [-0.4, -0.2) is 131 Å². The number of nitrogens with one attached hydrogen (secondary N) is 2. The van der Waals surface area contributed by atoms with Gasteiger partial charge in [-0.15, -0.1) is 0 Å². The molecule has 93 heavy (non-hydrogen) atoms. The Hall–Kier alpha value is -5.64. The van der Waals surface area contributed by atoms with Crippen molar-refractivity contribution in [1.29, 1.82) is 0 Å². The lowest BCUT2D eigenvalue weighted by molar-refractivity contribution is -0.137. The van der Waals surface area contributed by atoms with Gasteiger partial charge in [-0.3, -0.25) is 24.2 Å². The molecule has 1 aromatic heterocycles. The molecular weight excluding hydrogens is 1170 g/mol. The van der Waals surface area contributed by atoms with Gasteiger partial charge in [0, 0.05) is 41.7 Å². The number of hydrogen-bond acceptors (Lipinski definition) is 8. The summed E-state index contributed by atoms with van der Waals surface area (Å²) in [6.45, 7) is 37.2. The average molecular weight is 1290 g/mol. The average Bonchev–Trinajstić information content (AvgIpc) is 0.977. The summed E-state index contributed by atoms with van der Waals surface area (Å²) in [6.07, 6.45) is 20.8. The van der Waals surface area contributed by atoms with E-state index in [1.54, 1.807) is 48.5 Å². The minimum Gasteiger partial charge on any atom is -0.349 e. The number of carbonyl (C=O) groups is 4. The number of pyridine rings is 1. The Morgan fingerprint density at radius 3 is 1.41 bits per heavy atom. The molecule has 4 aliphatic heterocycles. The van der Waals surface area contributed by atoms with Crippen LogP contribution >= 0.6 is 0 Å². The Labute approximate surface area is 559 Å². The molecular formula is C78H117F3N8O4. The highest BCUT2D eigenvalue weighted by atomic mass is 19.1. The molecule has 4 atom stereocenters. The maximum absolute atomic E-state index is 14.4. The molecule has 2 N–H and O–H groups in total. The number of benzene rings is 3. The monoisotopic (exact) mass is 1290 g/mol. The van der Waals surface area contributed by atoms with Crippen molar-refractivity contribution in [2.24, 2.45) is 16.2 Å². The van der Waals surface area contributed by atoms with E-state index < -0.39 is 6.04 Å². The summed E-state index contributed by atoms with van der Waals surface area (Å²) in [4.78, 5) is 65.4. The summed E-state index contributed by atoms with van der Waals surface area (Å²) in [5.74, 6) is -0.493. The summed E-state index contributed by atoms with van der Waals surface area (Å²) < 4.78 is 43.0. The van der Waals surface area contributed by atoms with Crippen LogP contribution in [0.1, 0.15) is 252 Å². The number of fused-ring (bicyclic) bond motifs is 6. The van der Waals surface area contributed by atoms with Crippen molar-refractivity contribution in [1.82, 2.24) is 40.1 Å². The first-order chi connectivity index (χ1) is 44.0. The number of hydrogen-bond donors (Lipinski definition) is 2. The smallest absolute Gasteiger partial charge is 0.242 e. The lowest BCUT2D eigenvalue weighted by atomic mass is 9.63. The summed E-state index contributed by atoms with van der Waals surface area (Å²) >= 11 is 0. The molecule has 12 nitrogen and oxygen atoms in total. The van der Waals surface area contributed by atoms with E-state index in [0.29, 0.717) is 42.2 Å². The number of halogens is 3. The van der Waals surface area contributed by atoms with Gasteiger partial charge in [0.15, 0.2) is 0 Å². The van der Waals surface area contributed by atoms with Crippen LogP contribution in [0.3, 0.4) is 0 Å². The first kappa shape index (κ1) is 71.6. The van der Waals surface area contributed by atoms with Crippen molar-refractivity contribution in [2.45, 2.75) is 239 Å². The van der Waals surface area contributed by atoms with E-state index in [1.165, 1.54) is 42.5 Å². The quantitative estimate of drug-likeness (QED) is 0.128. The minimum atomic E-state index is -0.467. The maximum Gasteiger partial charge on any atom is 0.242 e. The molecule has 15 heteroatoms. The Morgan fingerprint density at radius 1 is 0.602 bits per heavy atom. The number of rotatable bonds is 14. The SMILES string of the molecule is CC(C)(C)CCN1CCC2(CC[C@H](NC(=O)Cc3cccnc3)c3ccc(F)cc32)CC1.CCN(C(C)=O)[C@H]1CCC2(CCN(CCC(C)(C)C)CC2)c2cc(F)ccc21.C[C@H](C(=O)N[C@@H]1CCC2(CCN(CCC(C)(C)C)CC2)c2cc(F)ccc21)N1CCCC1=O.[HH].[HH].